The molecule has 0 saturated heterocycles. The number of ether oxygens (including phenoxy) is 3. The van der Waals surface area contributed by atoms with Gasteiger partial charge in [0.25, 0.3) is 0 Å². The number of benzene rings is 3. The van der Waals surface area contributed by atoms with E-state index in [0.717, 1.165) is 42.8 Å². The number of esters is 1. The fraction of sp³-hybridized carbons (Fsp3) is 0.361. The van der Waals surface area contributed by atoms with Crippen LogP contribution in [0.25, 0.3) is 0 Å². The number of anilines is 1. The van der Waals surface area contributed by atoms with E-state index >= 15 is 0 Å². The van der Waals surface area contributed by atoms with Gasteiger partial charge in [-0.05, 0) is 61.0 Å². The molecule has 9 heteroatoms. The number of unbranched alkanes of at least 4 members (excludes halogenated alkanes) is 1. The molecular weight excluding hydrogens is 568 g/mol. The van der Waals surface area contributed by atoms with E-state index in [1.807, 2.05) is 54.6 Å². The minimum atomic E-state index is -0.572. The van der Waals surface area contributed by atoms with Crippen LogP contribution in [-0.4, -0.2) is 59.2 Å². The molecule has 0 saturated carbocycles. The quantitative estimate of drug-likeness (QED) is 0.100. The van der Waals surface area contributed by atoms with E-state index in [9.17, 15) is 9.59 Å². The standard InChI is InChI=1S/C36H44N4O5/c1-4-7-22-43-34-25-30(36(42)44-23-21-39(5-2)6-3)15-18-32(34)38-35(41)33(40-20-19-37-27-40)24-28-13-16-31(17-14-28)45-26-29-11-9-8-10-12-29/h8-20,25,27,33H,4-7,21-24,26H2,1-3H3,(H,38,41)/t33-/m1/s1. The smallest absolute Gasteiger partial charge is 0.338 e. The van der Waals surface area contributed by atoms with Crippen molar-refractivity contribution in [1.29, 1.82) is 0 Å². The van der Waals surface area contributed by atoms with Crippen LogP contribution in [0.15, 0.2) is 91.5 Å². The van der Waals surface area contributed by atoms with Crippen LogP contribution < -0.4 is 14.8 Å². The Labute approximate surface area is 266 Å². The molecule has 45 heavy (non-hydrogen) atoms. The first-order valence-corrected chi connectivity index (χ1v) is 15.7. The maximum atomic E-state index is 13.8. The zero-order valence-corrected chi connectivity index (χ0v) is 26.5. The van der Waals surface area contributed by atoms with Crippen LogP contribution in [0.2, 0.25) is 0 Å². The predicted molar refractivity (Wildman–Crippen MR) is 176 cm³/mol. The average Bonchev–Trinajstić information content (AvgIpc) is 3.61. The molecule has 238 valence electrons. The molecule has 0 bridgehead atoms. The number of carbonyl (C=O) groups is 2. The molecule has 0 aliphatic carbocycles. The van der Waals surface area contributed by atoms with Crippen molar-refractivity contribution in [3.05, 3.63) is 108 Å². The summed E-state index contributed by atoms with van der Waals surface area (Å²) < 4.78 is 19.3. The van der Waals surface area contributed by atoms with Crippen LogP contribution in [0.4, 0.5) is 5.69 Å². The Morgan fingerprint density at radius 3 is 2.38 bits per heavy atom. The van der Waals surface area contributed by atoms with E-state index in [1.54, 1.807) is 41.5 Å². The number of aromatic nitrogens is 2. The molecule has 4 rings (SSSR count). The number of hydrogen-bond donors (Lipinski definition) is 1. The van der Waals surface area contributed by atoms with Gasteiger partial charge in [-0.15, -0.1) is 0 Å². The van der Waals surface area contributed by atoms with Crippen molar-refractivity contribution in [3.8, 4) is 11.5 Å². The van der Waals surface area contributed by atoms with Crippen molar-refractivity contribution in [2.45, 2.75) is 52.7 Å². The van der Waals surface area contributed by atoms with Crippen molar-refractivity contribution >= 4 is 17.6 Å². The summed E-state index contributed by atoms with van der Waals surface area (Å²) in [5.41, 5.74) is 2.93. The second kappa shape index (κ2) is 17.6. The first kappa shape index (κ1) is 33.3. The number of carbonyl (C=O) groups excluding carboxylic acids is 2. The summed E-state index contributed by atoms with van der Waals surface area (Å²) in [5, 5.41) is 3.04. The first-order valence-electron chi connectivity index (χ1n) is 15.7. The molecule has 1 amide bonds. The molecule has 0 radical (unpaired) electrons. The second-order valence-corrected chi connectivity index (χ2v) is 10.7. The van der Waals surface area contributed by atoms with Crippen molar-refractivity contribution in [3.63, 3.8) is 0 Å². The maximum Gasteiger partial charge on any atom is 0.338 e. The number of nitrogens with zero attached hydrogens (tertiary/aromatic N) is 3. The minimum absolute atomic E-state index is 0.229. The molecule has 0 spiro atoms. The van der Waals surface area contributed by atoms with Crippen molar-refractivity contribution in [2.75, 3.05) is 38.2 Å². The molecular formula is C36H44N4O5. The Kier molecular flexibility index (Phi) is 13.0. The fourth-order valence-electron chi connectivity index (χ4n) is 4.78. The van der Waals surface area contributed by atoms with Crippen molar-refractivity contribution < 1.29 is 23.8 Å². The SMILES string of the molecule is CCCCOc1cc(C(=O)OCCN(CC)CC)ccc1NC(=O)[C@@H](Cc1ccc(OCc2ccccc2)cc1)n1ccnc1. The molecule has 9 nitrogen and oxygen atoms in total. The fourth-order valence-corrected chi connectivity index (χ4v) is 4.78. The molecule has 0 unspecified atom stereocenters. The lowest BCUT2D eigenvalue weighted by Crippen LogP contribution is -2.28. The van der Waals surface area contributed by atoms with Gasteiger partial charge in [-0.1, -0.05) is 69.7 Å². The van der Waals surface area contributed by atoms with Gasteiger partial charge in [-0.3, -0.25) is 4.79 Å². The largest absolute Gasteiger partial charge is 0.491 e. The molecule has 0 aliphatic rings. The normalized spacial score (nSPS) is 11.6. The zero-order chi connectivity index (χ0) is 31.9. The van der Waals surface area contributed by atoms with Gasteiger partial charge in [0.2, 0.25) is 5.91 Å². The van der Waals surface area contributed by atoms with Gasteiger partial charge in [-0.25, -0.2) is 9.78 Å². The molecule has 0 aliphatic heterocycles. The third kappa shape index (κ3) is 10.2. The number of nitrogens with one attached hydrogen (secondary N) is 1. The van der Waals surface area contributed by atoms with Crippen LogP contribution in [-0.2, 0) is 22.6 Å². The molecule has 1 N–H and O–H groups in total. The molecule has 1 atom stereocenters. The highest BCUT2D eigenvalue weighted by Crippen LogP contribution is 2.29. The predicted octanol–water partition coefficient (Wildman–Crippen LogP) is 6.56. The van der Waals surface area contributed by atoms with Gasteiger partial charge >= 0.3 is 5.97 Å². The van der Waals surface area contributed by atoms with Crippen LogP contribution in [0, 0.1) is 0 Å². The number of imidazole rings is 1. The maximum absolute atomic E-state index is 13.8. The summed E-state index contributed by atoms with van der Waals surface area (Å²) >= 11 is 0. The van der Waals surface area contributed by atoms with E-state index in [4.69, 9.17) is 14.2 Å². The zero-order valence-electron chi connectivity index (χ0n) is 26.5. The number of rotatable bonds is 18. The van der Waals surface area contributed by atoms with E-state index < -0.39 is 12.0 Å². The van der Waals surface area contributed by atoms with Crippen LogP contribution in [0.5, 0.6) is 11.5 Å². The highest BCUT2D eigenvalue weighted by molar-refractivity contribution is 5.97. The van der Waals surface area contributed by atoms with E-state index in [1.165, 1.54) is 0 Å². The lowest BCUT2D eigenvalue weighted by atomic mass is 10.0. The Balaban J connectivity index is 1.45. The summed E-state index contributed by atoms with van der Waals surface area (Å²) in [6.07, 6.45) is 7.29. The first-order chi connectivity index (χ1) is 22.0. The molecule has 4 aromatic rings. The van der Waals surface area contributed by atoms with Gasteiger partial charge < -0.3 is 29.0 Å². The summed E-state index contributed by atoms with van der Waals surface area (Å²) in [7, 11) is 0. The second-order valence-electron chi connectivity index (χ2n) is 10.7. The monoisotopic (exact) mass is 612 g/mol. The topological polar surface area (TPSA) is 94.9 Å². The van der Waals surface area contributed by atoms with Gasteiger partial charge in [0.15, 0.2) is 0 Å². The Hall–Kier alpha value is -4.63. The van der Waals surface area contributed by atoms with E-state index in [-0.39, 0.29) is 5.91 Å². The molecule has 1 aromatic heterocycles. The van der Waals surface area contributed by atoms with Crippen molar-refractivity contribution in [2.24, 2.45) is 0 Å². The van der Waals surface area contributed by atoms with Gasteiger partial charge in [-0.2, -0.15) is 0 Å². The third-order valence-corrected chi connectivity index (χ3v) is 7.55. The van der Waals surface area contributed by atoms with Crippen LogP contribution >= 0.6 is 0 Å². The minimum Gasteiger partial charge on any atom is -0.491 e. The summed E-state index contributed by atoms with van der Waals surface area (Å²) in [4.78, 5) is 32.9. The third-order valence-electron chi connectivity index (χ3n) is 7.55. The summed E-state index contributed by atoms with van der Waals surface area (Å²) in [6, 6.07) is 22.2. The number of likely N-dealkylation sites (N-methyl/N-ethyl adjacent to an activating group) is 1. The number of hydrogen-bond acceptors (Lipinski definition) is 7. The lowest BCUT2D eigenvalue weighted by Gasteiger charge is -2.20. The molecule has 0 fully saturated rings. The Morgan fingerprint density at radius 2 is 1.69 bits per heavy atom. The Bertz CT molecular complexity index is 1450. The average molecular weight is 613 g/mol. The van der Waals surface area contributed by atoms with Gasteiger partial charge in [0.1, 0.15) is 30.8 Å². The Morgan fingerprint density at radius 1 is 0.911 bits per heavy atom. The van der Waals surface area contributed by atoms with Crippen molar-refractivity contribution in [1.82, 2.24) is 14.5 Å². The highest BCUT2D eigenvalue weighted by atomic mass is 16.5. The highest BCUT2D eigenvalue weighted by Gasteiger charge is 2.23. The summed E-state index contributed by atoms with van der Waals surface area (Å²) in [5.74, 6) is 0.534. The van der Waals surface area contributed by atoms with Crippen LogP contribution in [0.1, 0.15) is 61.1 Å². The van der Waals surface area contributed by atoms with Crippen LogP contribution in [0.3, 0.4) is 0 Å². The van der Waals surface area contributed by atoms with Gasteiger partial charge in [0.05, 0.1) is 24.2 Å². The molecule has 3 aromatic carbocycles. The summed E-state index contributed by atoms with van der Waals surface area (Å²) in [6.45, 7) is 9.94. The number of amides is 1. The van der Waals surface area contributed by atoms with E-state index in [2.05, 4.69) is 36.0 Å². The van der Waals surface area contributed by atoms with Gasteiger partial charge in [0, 0.05) is 25.4 Å². The molecule has 1 heterocycles. The van der Waals surface area contributed by atoms with E-state index in [0.29, 0.717) is 49.8 Å². The lowest BCUT2D eigenvalue weighted by molar-refractivity contribution is -0.119.